The number of nitrogens with zero attached hydrogens (tertiary/aromatic N) is 5. The fourth-order valence-corrected chi connectivity index (χ4v) is 3.87. The molecule has 0 bridgehead atoms. The van der Waals surface area contributed by atoms with Crippen LogP contribution in [0.3, 0.4) is 0 Å². The maximum atomic E-state index is 13.5. The Bertz CT molecular complexity index is 990. The average molecular weight is 423 g/mol. The summed E-state index contributed by atoms with van der Waals surface area (Å²) in [6.45, 7) is 5.97. The molecule has 0 spiro atoms. The van der Waals surface area contributed by atoms with Crippen LogP contribution in [-0.4, -0.2) is 51.0 Å². The molecule has 162 valence electrons. The SMILES string of the molecule is CC(c1ccc(F)cc1)c1c(NCCN2CCCC2)nc(N)nc1Nc1cnccn1. The number of hydrogen-bond donors (Lipinski definition) is 3. The minimum absolute atomic E-state index is 0.116. The van der Waals surface area contributed by atoms with E-state index in [1.54, 1.807) is 30.7 Å². The van der Waals surface area contributed by atoms with Crippen LogP contribution in [-0.2, 0) is 0 Å². The quantitative estimate of drug-likeness (QED) is 0.507. The van der Waals surface area contributed by atoms with Gasteiger partial charge in [-0.25, -0.2) is 9.37 Å². The molecule has 0 saturated carbocycles. The molecule has 1 aliphatic rings. The number of nitrogens with one attached hydrogen (secondary N) is 2. The molecular weight excluding hydrogens is 395 g/mol. The third-order valence-corrected chi connectivity index (χ3v) is 5.49. The lowest BCUT2D eigenvalue weighted by molar-refractivity contribution is 0.352. The summed E-state index contributed by atoms with van der Waals surface area (Å²) in [5.74, 6) is 1.53. The normalized spacial score (nSPS) is 15.0. The Morgan fingerprint density at radius 3 is 2.55 bits per heavy atom. The summed E-state index contributed by atoms with van der Waals surface area (Å²) in [6, 6.07) is 6.47. The molecule has 9 heteroatoms. The van der Waals surface area contributed by atoms with Crippen LogP contribution in [0.5, 0.6) is 0 Å². The molecule has 0 radical (unpaired) electrons. The number of likely N-dealkylation sites (tertiary alicyclic amines) is 1. The van der Waals surface area contributed by atoms with E-state index in [-0.39, 0.29) is 17.7 Å². The second-order valence-electron chi connectivity index (χ2n) is 7.66. The summed E-state index contributed by atoms with van der Waals surface area (Å²) >= 11 is 0. The number of hydrogen-bond acceptors (Lipinski definition) is 8. The van der Waals surface area contributed by atoms with E-state index in [9.17, 15) is 4.39 Å². The zero-order valence-electron chi connectivity index (χ0n) is 17.6. The number of anilines is 4. The Morgan fingerprint density at radius 1 is 1.10 bits per heavy atom. The van der Waals surface area contributed by atoms with Gasteiger partial charge in [-0.05, 0) is 43.6 Å². The van der Waals surface area contributed by atoms with Gasteiger partial charge in [0.15, 0.2) is 0 Å². The first-order valence-corrected chi connectivity index (χ1v) is 10.5. The van der Waals surface area contributed by atoms with Crippen LogP contribution in [0.25, 0.3) is 0 Å². The van der Waals surface area contributed by atoms with E-state index in [0.717, 1.165) is 37.3 Å². The van der Waals surface area contributed by atoms with E-state index in [1.165, 1.54) is 25.0 Å². The molecule has 1 unspecified atom stereocenters. The van der Waals surface area contributed by atoms with Crippen molar-refractivity contribution < 1.29 is 4.39 Å². The summed E-state index contributed by atoms with van der Waals surface area (Å²) in [6.07, 6.45) is 7.32. The highest BCUT2D eigenvalue weighted by atomic mass is 19.1. The molecule has 8 nitrogen and oxygen atoms in total. The van der Waals surface area contributed by atoms with Crippen molar-refractivity contribution in [2.75, 3.05) is 42.5 Å². The zero-order chi connectivity index (χ0) is 21.6. The maximum absolute atomic E-state index is 13.5. The van der Waals surface area contributed by atoms with E-state index in [2.05, 4.69) is 35.5 Å². The first kappa shape index (κ1) is 20.9. The van der Waals surface area contributed by atoms with Gasteiger partial charge in [0.1, 0.15) is 23.3 Å². The number of aromatic nitrogens is 4. The first-order valence-electron chi connectivity index (χ1n) is 10.5. The summed E-state index contributed by atoms with van der Waals surface area (Å²) in [5.41, 5.74) is 7.82. The van der Waals surface area contributed by atoms with Crippen molar-refractivity contribution in [2.45, 2.75) is 25.7 Å². The van der Waals surface area contributed by atoms with Gasteiger partial charge in [-0.3, -0.25) is 4.98 Å². The maximum Gasteiger partial charge on any atom is 0.223 e. The molecule has 4 N–H and O–H groups in total. The molecule has 31 heavy (non-hydrogen) atoms. The van der Waals surface area contributed by atoms with Crippen molar-refractivity contribution in [3.63, 3.8) is 0 Å². The van der Waals surface area contributed by atoms with Gasteiger partial charge in [-0.2, -0.15) is 9.97 Å². The molecule has 2 aromatic heterocycles. The fourth-order valence-electron chi connectivity index (χ4n) is 3.87. The molecule has 1 fully saturated rings. The summed E-state index contributed by atoms with van der Waals surface area (Å²) in [5, 5.41) is 6.66. The van der Waals surface area contributed by atoms with E-state index in [1.807, 2.05) is 6.92 Å². The molecule has 1 atom stereocenters. The van der Waals surface area contributed by atoms with Gasteiger partial charge in [-0.15, -0.1) is 0 Å². The molecular formula is C22H27FN8. The molecule has 0 aliphatic carbocycles. The number of benzene rings is 1. The standard InChI is InChI=1S/C22H27FN8/c1-15(16-4-6-17(23)7-5-16)19-20(27-10-13-31-11-2-3-12-31)29-22(24)30-21(19)28-18-14-25-8-9-26-18/h4-9,14-15H,2-3,10-13H2,1H3,(H4,24,26,27,28,29,30). The van der Waals surface area contributed by atoms with E-state index >= 15 is 0 Å². The van der Waals surface area contributed by atoms with E-state index in [0.29, 0.717) is 17.5 Å². The van der Waals surface area contributed by atoms with Gasteiger partial charge in [0.05, 0.1) is 6.20 Å². The van der Waals surface area contributed by atoms with Crippen LogP contribution in [0.1, 0.15) is 36.8 Å². The Balaban J connectivity index is 1.66. The van der Waals surface area contributed by atoms with Crippen molar-refractivity contribution in [1.29, 1.82) is 0 Å². The Morgan fingerprint density at radius 2 is 1.84 bits per heavy atom. The topological polar surface area (TPSA) is 105 Å². The Hall–Kier alpha value is -3.33. The lowest BCUT2D eigenvalue weighted by atomic mass is 9.93. The zero-order valence-corrected chi connectivity index (χ0v) is 17.6. The average Bonchev–Trinajstić information content (AvgIpc) is 3.28. The minimum atomic E-state index is -0.272. The third-order valence-electron chi connectivity index (χ3n) is 5.49. The number of rotatable bonds is 8. The van der Waals surface area contributed by atoms with Crippen molar-refractivity contribution in [1.82, 2.24) is 24.8 Å². The second-order valence-corrected chi connectivity index (χ2v) is 7.66. The second kappa shape index (κ2) is 9.65. The van der Waals surface area contributed by atoms with Crippen molar-refractivity contribution in [3.05, 3.63) is 59.8 Å². The molecule has 1 saturated heterocycles. The Kier molecular flexibility index (Phi) is 6.51. The first-order chi connectivity index (χ1) is 15.1. The fraction of sp³-hybridized carbons (Fsp3) is 0.364. The third kappa shape index (κ3) is 5.24. The molecule has 1 aliphatic heterocycles. The monoisotopic (exact) mass is 422 g/mol. The summed E-state index contributed by atoms with van der Waals surface area (Å²) < 4.78 is 13.5. The molecule has 4 rings (SSSR count). The van der Waals surface area contributed by atoms with Crippen LogP contribution < -0.4 is 16.4 Å². The lowest BCUT2D eigenvalue weighted by Gasteiger charge is -2.22. The largest absolute Gasteiger partial charge is 0.368 e. The molecule has 3 aromatic rings. The van der Waals surface area contributed by atoms with Crippen LogP contribution in [0.2, 0.25) is 0 Å². The predicted molar refractivity (Wildman–Crippen MR) is 120 cm³/mol. The van der Waals surface area contributed by atoms with Gasteiger partial charge in [0.25, 0.3) is 0 Å². The molecule has 3 heterocycles. The Labute approximate surface area is 181 Å². The van der Waals surface area contributed by atoms with Crippen molar-refractivity contribution in [2.24, 2.45) is 0 Å². The number of halogens is 1. The molecule has 0 amide bonds. The van der Waals surface area contributed by atoms with Crippen molar-refractivity contribution in [3.8, 4) is 0 Å². The van der Waals surface area contributed by atoms with Crippen LogP contribution >= 0.6 is 0 Å². The van der Waals surface area contributed by atoms with Gasteiger partial charge in [0, 0.05) is 37.0 Å². The smallest absolute Gasteiger partial charge is 0.223 e. The van der Waals surface area contributed by atoms with Gasteiger partial charge in [0.2, 0.25) is 5.95 Å². The highest BCUT2D eigenvalue weighted by Crippen LogP contribution is 2.35. The van der Waals surface area contributed by atoms with Crippen molar-refractivity contribution >= 4 is 23.4 Å². The van der Waals surface area contributed by atoms with Gasteiger partial charge in [-0.1, -0.05) is 19.1 Å². The van der Waals surface area contributed by atoms with E-state index < -0.39 is 0 Å². The number of nitrogen functional groups attached to an aromatic ring is 1. The van der Waals surface area contributed by atoms with Gasteiger partial charge < -0.3 is 21.3 Å². The number of nitrogens with two attached hydrogens (primary N) is 1. The van der Waals surface area contributed by atoms with E-state index in [4.69, 9.17) is 5.73 Å². The highest BCUT2D eigenvalue weighted by molar-refractivity contribution is 5.67. The van der Waals surface area contributed by atoms with Gasteiger partial charge >= 0.3 is 0 Å². The highest BCUT2D eigenvalue weighted by Gasteiger charge is 2.22. The predicted octanol–water partition coefficient (Wildman–Crippen LogP) is 3.39. The minimum Gasteiger partial charge on any atom is -0.368 e. The van der Waals surface area contributed by atoms with Crippen LogP contribution in [0.4, 0.5) is 27.8 Å². The summed E-state index contributed by atoms with van der Waals surface area (Å²) in [4.78, 5) is 19.7. The summed E-state index contributed by atoms with van der Waals surface area (Å²) in [7, 11) is 0. The van der Waals surface area contributed by atoms with Crippen LogP contribution in [0, 0.1) is 5.82 Å². The lowest BCUT2D eigenvalue weighted by Crippen LogP contribution is -2.26. The molecule has 1 aromatic carbocycles. The van der Waals surface area contributed by atoms with Crippen LogP contribution in [0.15, 0.2) is 42.9 Å².